The van der Waals surface area contributed by atoms with E-state index in [1.54, 1.807) is 0 Å². The van der Waals surface area contributed by atoms with E-state index >= 15 is 0 Å². The van der Waals surface area contributed by atoms with Crippen LogP contribution in [0.5, 0.6) is 0 Å². The van der Waals surface area contributed by atoms with Crippen LogP contribution in [-0.2, 0) is 0 Å². The molecule has 0 aliphatic heterocycles. The lowest BCUT2D eigenvalue weighted by Crippen LogP contribution is -2.22. The van der Waals surface area contributed by atoms with Crippen molar-refractivity contribution >= 4 is 0 Å². The highest BCUT2D eigenvalue weighted by atomic mass is 16.3. The zero-order valence-electron chi connectivity index (χ0n) is 9.30. The molecule has 0 saturated heterocycles. The van der Waals surface area contributed by atoms with Crippen molar-refractivity contribution < 1.29 is 5.11 Å². The molecule has 1 nitrogen and oxygen atoms in total. The number of aliphatic hydroxyl groups excluding tert-OH is 1. The molecule has 1 aliphatic carbocycles. The summed E-state index contributed by atoms with van der Waals surface area (Å²) in [5, 5.41) is 9.90. The van der Waals surface area contributed by atoms with Crippen molar-refractivity contribution in [1.82, 2.24) is 0 Å². The molecule has 0 bridgehead atoms. The maximum absolute atomic E-state index is 9.90. The molecule has 1 unspecified atom stereocenters. The Kier molecular flexibility index (Phi) is 3.55. The summed E-state index contributed by atoms with van der Waals surface area (Å²) in [6.45, 7) is 8.84. The Morgan fingerprint density at radius 2 is 1.77 bits per heavy atom. The van der Waals surface area contributed by atoms with Gasteiger partial charge in [-0.1, -0.05) is 33.3 Å². The zero-order chi connectivity index (χ0) is 10.0. The van der Waals surface area contributed by atoms with Crippen molar-refractivity contribution in [2.45, 2.75) is 53.1 Å². The minimum Gasteiger partial charge on any atom is -0.389 e. The Labute approximate surface area is 81.9 Å². The summed E-state index contributed by atoms with van der Waals surface area (Å²) in [5.74, 6) is 1.11. The van der Waals surface area contributed by atoms with Crippen LogP contribution in [0.2, 0.25) is 0 Å². The lowest BCUT2D eigenvalue weighted by Gasteiger charge is -2.29. The molecule has 0 spiro atoms. The Morgan fingerprint density at radius 1 is 1.15 bits per heavy atom. The van der Waals surface area contributed by atoms with Crippen LogP contribution in [0, 0.1) is 11.8 Å². The molecular weight excluding hydrogens is 160 g/mol. The summed E-state index contributed by atoms with van der Waals surface area (Å²) >= 11 is 0. The van der Waals surface area contributed by atoms with Gasteiger partial charge in [0.25, 0.3) is 0 Å². The molecule has 0 saturated carbocycles. The number of rotatable bonds is 2. The van der Waals surface area contributed by atoms with Crippen LogP contribution in [0.4, 0.5) is 0 Å². The van der Waals surface area contributed by atoms with Crippen molar-refractivity contribution in [1.29, 1.82) is 0 Å². The third-order valence-electron chi connectivity index (χ3n) is 2.97. The van der Waals surface area contributed by atoms with Gasteiger partial charge in [-0.05, 0) is 36.7 Å². The molecule has 0 heterocycles. The third kappa shape index (κ3) is 2.34. The predicted molar refractivity (Wildman–Crippen MR) is 56.6 cm³/mol. The van der Waals surface area contributed by atoms with Crippen molar-refractivity contribution in [3.63, 3.8) is 0 Å². The van der Waals surface area contributed by atoms with Gasteiger partial charge in [-0.15, -0.1) is 0 Å². The maximum atomic E-state index is 9.90. The quantitative estimate of drug-likeness (QED) is 0.650. The SMILES string of the molecule is CC(C)C1=C(C(C)C)C(O)CCC1. The Bertz CT molecular complexity index is 201. The number of hydrogen-bond acceptors (Lipinski definition) is 1. The van der Waals surface area contributed by atoms with Crippen LogP contribution in [0.1, 0.15) is 47.0 Å². The smallest absolute Gasteiger partial charge is 0.0755 e. The van der Waals surface area contributed by atoms with Gasteiger partial charge in [0.1, 0.15) is 0 Å². The van der Waals surface area contributed by atoms with Crippen LogP contribution in [-0.4, -0.2) is 11.2 Å². The van der Waals surface area contributed by atoms with Gasteiger partial charge in [0.05, 0.1) is 6.10 Å². The Balaban J connectivity index is 2.97. The van der Waals surface area contributed by atoms with Crippen LogP contribution in [0.25, 0.3) is 0 Å². The summed E-state index contributed by atoms with van der Waals surface area (Å²) in [6, 6.07) is 0. The lowest BCUT2D eigenvalue weighted by molar-refractivity contribution is 0.175. The van der Waals surface area contributed by atoms with Gasteiger partial charge in [-0.2, -0.15) is 0 Å². The van der Waals surface area contributed by atoms with E-state index in [0.717, 1.165) is 12.8 Å². The van der Waals surface area contributed by atoms with Crippen molar-refractivity contribution in [3.8, 4) is 0 Å². The number of aliphatic hydroxyl groups is 1. The van der Waals surface area contributed by atoms with E-state index in [-0.39, 0.29) is 6.10 Å². The maximum Gasteiger partial charge on any atom is 0.0755 e. The minimum atomic E-state index is -0.161. The molecule has 0 aromatic carbocycles. The second kappa shape index (κ2) is 4.28. The number of hydrogen-bond donors (Lipinski definition) is 1. The van der Waals surface area contributed by atoms with E-state index < -0.39 is 0 Å². The van der Waals surface area contributed by atoms with Crippen molar-refractivity contribution in [2.24, 2.45) is 11.8 Å². The summed E-state index contributed by atoms with van der Waals surface area (Å²) in [7, 11) is 0. The Morgan fingerprint density at radius 3 is 2.15 bits per heavy atom. The zero-order valence-corrected chi connectivity index (χ0v) is 9.30. The summed E-state index contributed by atoms with van der Waals surface area (Å²) in [5.41, 5.74) is 2.83. The molecular formula is C12H22O. The first kappa shape index (κ1) is 10.8. The molecule has 0 aromatic heterocycles. The van der Waals surface area contributed by atoms with Crippen LogP contribution >= 0.6 is 0 Å². The van der Waals surface area contributed by atoms with Gasteiger partial charge >= 0.3 is 0 Å². The molecule has 13 heavy (non-hydrogen) atoms. The molecule has 0 radical (unpaired) electrons. The largest absolute Gasteiger partial charge is 0.389 e. The fourth-order valence-electron chi connectivity index (χ4n) is 2.38. The molecule has 0 fully saturated rings. The second-order valence-corrected chi connectivity index (χ2v) is 4.70. The van der Waals surface area contributed by atoms with Gasteiger partial charge in [0.15, 0.2) is 0 Å². The predicted octanol–water partition coefficient (Wildman–Crippen LogP) is 3.14. The van der Waals surface area contributed by atoms with Gasteiger partial charge in [0.2, 0.25) is 0 Å². The average Bonchev–Trinajstić information content (AvgIpc) is 2.02. The summed E-state index contributed by atoms with van der Waals surface area (Å²) in [4.78, 5) is 0. The first-order valence-electron chi connectivity index (χ1n) is 5.45. The molecule has 1 N–H and O–H groups in total. The summed E-state index contributed by atoms with van der Waals surface area (Å²) < 4.78 is 0. The van der Waals surface area contributed by atoms with E-state index in [0.29, 0.717) is 11.8 Å². The fourth-order valence-corrected chi connectivity index (χ4v) is 2.38. The standard InChI is InChI=1S/C12H22O/c1-8(2)10-6-5-7-11(13)12(10)9(3)4/h8-9,11,13H,5-7H2,1-4H3. The van der Waals surface area contributed by atoms with E-state index in [4.69, 9.17) is 0 Å². The van der Waals surface area contributed by atoms with Gasteiger partial charge in [-0.25, -0.2) is 0 Å². The molecule has 1 heteroatoms. The Hall–Kier alpha value is -0.300. The highest BCUT2D eigenvalue weighted by molar-refractivity contribution is 5.24. The van der Waals surface area contributed by atoms with E-state index in [2.05, 4.69) is 27.7 Å². The van der Waals surface area contributed by atoms with Gasteiger partial charge in [0, 0.05) is 0 Å². The fraction of sp³-hybridized carbons (Fsp3) is 0.833. The topological polar surface area (TPSA) is 20.2 Å². The van der Waals surface area contributed by atoms with Crippen LogP contribution in [0.15, 0.2) is 11.1 Å². The van der Waals surface area contributed by atoms with Crippen molar-refractivity contribution in [2.75, 3.05) is 0 Å². The van der Waals surface area contributed by atoms with E-state index in [1.165, 1.54) is 17.6 Å². The molecule has 0 amide bonds. The highest BCUT2D eigenvalue weighted by Gasteiger charge is 2.24. The lowest BCUT2D eigenvalue weighted by atomic mass is 9.79. The average molecular weight is 182 g/mol. The molecule has 1 aliphatic rings. The van der Waals surface area contributed by atoms with E-state index in [1.807, 2.05) is 0 Å². The summed E-state index contributed by atoms with van der Waals surface area (Å²) in [6.07, 6.45) is 3.16. The van der Waals surface area contributed by atoms with E-state index in [9.17, 15) is 5.11 Å². The van der Waals surface area contributed by atoms with Crippen LogP contribution in [0.3, 0.4) is 0 Å². The number of allylic oxidation sites excluding steroid dienone is 1. The molecule has 1 atom stereocenters. The minimum absolute atomic E-state index is 0.161. The van der Waals surface area contributed by atoms with Gasteiger partial charge in [-0.3, -0.25) is 0 Å². The highest BCUT2D eigenvalue weighted by Crippen LogP contribution is 2.34. The first-order chi connectivity index (χ1) is 6.04. The molecule has 0 aromatic rings. The van der Waals surface area contributed by atoms with Gasteiger partial charge < -0.3 is 5.11 Å². The molecule has 76 valence electrons. The second-order valence-electron chi connectivity index (χ2n) is 4.70. The monoisotopic (exact) mass is 182 g/mol. The van der Waals surface area contributed by atoms with Crippen molar-refractivity contribution in [3.05, 3.63) is 11.1 Å². The normalized spacial score (nSPS) is 24.7. The molecule has 1 rings (SSSR count). The van der Waals surface area contributed by atoms with Crippen LogP contribution < -0.4 is 0 Å². The first-order valence-corrected chi connectivity index (χ1v) is 5.45. The third-order valence-corrected chi connectivity index (χ3v) is 2.97.